The molecule has 0 fully saturated rings. The van der Waals surface area contributed by atoms with Gasteiger partial charge in [-0.1, -0.05) is 46.3 Å². The highest BCUT2D eigenvalue weighted by molar-refractivity contribution is 9.10. The average Bonchev–Trinajstić information content (AvgIpc) is 3.30. The molecule has 0 radical (unpaired) electrons. The van der Waals surface area contributed by atoms with Crippen LogP contribution in [0.25, 0.3) is 6.08 Å². The van der Waals surface area contributed by atoms with Crippen LogP contribution in [0, 0.1) is 0 Å². The van der Waals surface area contributed by atoms with Gasteiger partial charge in [0, 0.05) is 22.0 Å². The summed E-state index contributed by atoms with van der Waals surface area (Å²) in [6, 6.07) is 19.8. The summed E-state index contributed by atoms with van der Waals surface area (Å²) in [4.78, 5) is 0. The van der Waals surface area contributed by atoms with Crippen molar-refractivity contribution in [1.82, 2.24) is 0 Å². The molecule has 0 amide bonds. The van der Waals surface area contributed by atoms with Crippen LogP contribution in [0.3, 0.4) is 0 Å². The van der Waals surface area contributed by atoms with Crippen LogP contribution in [0.2, 0.25) is 0 Å². The van der Waals surface area contributed by atoms with E-state index in [-0.39, 0.29) is 6.04 Å². The van der Waals surface area contributed by atoms with Crippen molar-refractivity contribution >= 4 is 33.4 Å². The molecule has 1 aliphatic rings. The SMILES string of the molecule is COc1cccc(C=CC2=NN(c3cccc(Br)c3)C(c3cccc(OC)c3OC)C2)c1OC. The van der Waals surface area contributed by atoms with Crippen molar-refractivity contribution in [3.05, 3.63) is 82.3 Å². The van der Waals surface area contributed by atoms with Crippen LogP contribution in [0.4, 0.5) is 5.69 Å². The van der Waals surface area contributed by atoms with Gasteiger partial charge in [-0.3, -0.25) is 5.01 Å². The van der Waals surface area contributed by atoms with Crippen molar-refractivity contribution in [2.24, 2.45) is 5.10 Å². The number of anilines is 1. The van der Waals surface area contributed by atoms with Gasteiger partial charge in [-0.15, -0.1) is 0 Å². The van der Waals surface area contributed by atoms with Crippen molar-refractivity contribution in [2.45, 2.75) is 12.5 Å². The Bertz CT molecular complexity index is 1230. The van der Waals surface area contributed by atoms with Crippen LogP contribution >= 0.6 is 15.9 Å². The van der Waals surface area contributed by atoms with Gasteiger partial charge in [-0.2, -0.15) is 5.10 Å². The van der Waals surface area contributed by atoms with Crippen LogP contribution in [-0.2, 0) is 0 Å². The summed E-state index contributed by atoms with van der Waals surface area (Å²) in [5.74, 6) is 2.78. The Labute approximate surface area is 208 Å². The quantitative estimate of drug-likeness (QED) is 0.337. The van der Waals surface area contributed by atoms with Crippen molar-refractivity contribution in [2.75, 3.05) is 33.4 Å². The molecule has 34 heavy (non-hydrogen) atoms. The molecule has 7 heteroatoms. The molecule has 4 rings (SSSR count). The number of ether oxygens (including phenoxy) is 4. The van der Waals surface area contributed by atoms with E-state index in [0.717, 1.165) is 27.0 Å². The summed E-state index contributed by atoms with van der Waals surface area (Å²) in [5.41, 5.74) is 3.83. The largest absolute Gasteiger partial charge is 0.493 e. The van der Waals surface area contributed by atoms with Crippen LogP contribution < -0.4 is 24.0 Å². The molecular weight excluding hydrogens is 496 g/mol. The minimum atomic E-state index is -0.0637. The third kappa shape index (κ3) is 4.75. The second kappa shape index (κ2) is 10.7. The van der Waals surface area contributed by atoms with Crippen molar-refractivity contribution in [3.8, 4) is 23.0 Å². The average molecular weight is 523 g/mol. The van der Waals surface area contributed by atoms with Gasteiger partial charge in [0.2, 0.25) is 0 Å². The van der Waals surface area contributed by atoms with Crippen molar-refractivity contribution in [3.63, 3.8) is 0 Å². The molecule has 0 spiro atoms. The summed E-state index contributed by atoms with van der Waals surface area (Å²) in [5, 5.41) is 7.01. The Kier molecular flexibility index (Phi) is 7.43. The second-order valence-electron chi connectivity index (χ2n) is 7.63. The van der Waals surface area contributed by atoms with Crippen molar-refractivity contribution < 1.29 is 18.9 Å². The van der Waals surface area contributed by atoms with E-state index >= 15 is 0 Å². The highest BCUT2D eigenvalue weighted by Crippen LogP contribution is 2.43. The summed E-state index contributed by atoms with van der Waals surface area (Å²) in [6.07, 6.45) is 4.72. The lowest BCUT2D eigenvalue weighted by Crippen LogP contribution is -2.19. The van der Waals surface area contributed by atoms with E-state index in [4.69, 9.17) is 24.0 Å². The monoisotopic (exact) mass is 522 g/mol. The molecule has 1 aliphatic heterocycles. The first-order valence-corrected chi connectivity index (χ1v) is 11.6. The fourth-order valence-electron chi connectivity index (χ4n) is 4.14. The molecular formula is C27H27BrN2O4. The number of nitrogens with zero attached hydrogens (tertiary/aromatic N) is 2. The van der Waals surface area contributed by atoms with Gasteiger partial charge >= 0.3 is 0 Å². The van der Waals surface area contributed by atoms with Gasteiger partial charge in [0.05, 0.1) is 45.9 Å². The number of hydrazone groups is 1. The molecule has 0 aromatic heterocycles. The van der Waals surface area contributed by atoms with E-state index < -0.39 is 0 Å². The smallest absolute Gasteiger partial charge is 0.167 e. The summed E-state index contributed by atoms with van der Waals surface area (Å²) < 4.78 is 23.3. The summed E-state index contributed by atoms with van der Waals surface area (Å²) in [6.45, 7) is 0. The maximum Gasteiger partial charge on any atom is 0.167 e. The minimum absolute atomic E-state index is 0.0637. The normalized spacial score (nSPS) is 15.4. The standard InChI is InChI=1S/C27H27BrN2O4/c1-31-24-12-5-8-18(26(24)33-3)14-15-20-17-23(22-11-7-13-25(32-2)27(22)34-4)30(29-20)21-10-6-9-19(28)16-21/h5-16,23H,17H2,1-4H3. The van der Waals surface area contributed by atoms with Gasteiger partial charge in [0.25, 0.3) is 0 Å². The number of para-hydroxylation sites is 2. The van der Waals surface area contributed by atoms with E-state index in [1.807, 2.05) is 65.7 Å². The lowest BCUT2D eigenvalue weighted by Gasteiger charge is -2.26. The summed E-state index contributed by atoms with van der Waals surface area (Å²) >= 11 is 3.58. The molecule has 0 N–H and O–H groups in total. The number of allylic oxidation sites excluding steroid dienone is 1. The lowest BCUT2D eigenvalue weighted by molar-refractivity contribution is 0.349. The predicted octanol–water partition coefficient (Wildman–Crippen LogP) is 6.50. The first-order valence-electron chi connectivity index (χ1n) is 10.8. The van der Waals surface area contributed by atoms with E-state index in [1.165, 1.54) is 0 Å². The molecule has 0 saturated heterocycles. The zero-order valence-corrected chi connectivity index (χ0v) is 21.2. The van der Waals surface area contributed by atoms with Gasteiger partial charge in [-0.05, 0) is 42.5 Å². The highest BCUT2D eigenvalue weighted by atomic mass is 79.9. The maximum atomic E-state index is 5.75. The molecule has 1 atom stereocenters. The second-order valence-corrected chi connectivity index (χ2v) is 8.55. The third-order valence-corrected chi connectivity index (χ3v) is 6.18. The van der Waals surface area contributed by atoms with Gasteiger partial charge in [0.1, 0.15) is 0 Å². The zero-order chi connectivity index (χ0) is 24.1. The van der Waals surface area contributed by atoms with E-state index in [1.54, 1.807) is 28.4 Å². The molecule has 6 nitrogen and oxygen atoms in total. The van der Waals surface area contributed by atoms with E-state index in [2.05, 4.69) is 28.1 Å². The fraction of sp³-hybridized carbons (Fsp3) is 0.222. The lowest BCUT2D eigenvalue weighted by atomic mass is 9.99. The first kappa shape index (κ1) is 23.7. The molecule has 3 aromatic rings. The number of hydrogen-bond acceptors (Lipinski definition) is 6. The van der Waals surface area contributed by atoms with Crippen LogP contribution in [0.5, 0.6) is 23.0 Å². The minimum Gasteiger partial charge on any atom is -0.493 e. The van der Waals surface area contributed by atoms with Crippen LogP contribution in [-0.4, -0.2) is 34.2 Å². The molecule has 0 bridgehead atoms. The van der Waals surface area contributed by atoms with Gasteiger partial charge in [0.15, 0.2) is 23.0 Å². The predicted molar refractivity (Wildman–Crippen MR) is 140 cm³/mol. The molecule has 1 heterocycles. The maximum absolute atomic E-state index is 5.75. The highest BCUT2D eigenvalue weighted by Gasteiger charge is 2.31. The number of halogens is 1. The van der Waals surface area contributed by atoms with Crippen LogP contribution in [0.1, 0.15) is 23.6 Å². The van der Waals surface area contributed by atoms with Gasteiger partial charge < -0.3 is 18.9 Å². The Morgan fingerprint density at radius 2 is 1.50 bits per heavy atom. The molecule has 0 aliphatic carbocycles. The zero-order valence-electron chi connectivity index (χ0n) is 19.6. The number of rotatable bonds is 8. The Morgan fingerprint density at radius 1 is 0.824 bits per heavy atom. The topological polar surface area (TPSA) is 52.5 Å². The Balaban J connectivity index is 1.74. The number of hydrogen-bond donors (Lipinski definition) is 0. The number of benzene rings is 3. The Hall–Kier alpha value is -3.45. The third-order valence-electron chi connectivity index (χ3n) is 5.69. The van der Waals surface area contributed by atoms with Crippen LogP contribution in [0.15, 0.2) is 76.3 Å². The number of methoxy groups -OCH3 is 4. The van der Waals surface area contributed by atoms with Gasteiger partial charge in [-0.25, -0.2) is 0 Å². The first-order chi connectivity index (χ1) is 16.6. The molecule has 1 unspecified atom stereocenters. The summed E-state index contributed by atoms with van der Waals surface area (Å²) in [7, 11) is 6.59. The van der Waals surface area contributed by atoms with Crippen molar-refractivity contribution in [1.29, 1.82) is 0 Å². The molecule has 0 saturated carbocycles. The van der Waals surface area contributed by atoms with E-state index in [9.17, 15) is 0 Å². The molecule has 176 valence electrons. The van der Waals surface area contributed by atoms with E-state index in [0.29, 0.717) is 29.4 Å². The fourth-order valence-corrected chi connectivity index (χ4v) is 4.52. The Morgan fingerprint density at radius 3 is 2.18 bits per heavy atom. The molecule has 3 aromatic carbocycles.